The normalized spacial score (nSPS) is 18.5. The number of carbonyl (C=O) groups excluding carboxylic acids is 2. The van der Waals surface area contributed by atoms with Crippen LogP contribution >= 0.6 is 0 Å². The van der Waals surface area contributed by atoms with Crippen molar-refractivity contribution >= 4 is 22.0 Å². The standard InChI is InChI=1S/C22H33N3O5S/c1-2-30-22(27)24-16-12-19(13-17-24)23-21(26)11-8-18-6-9-20(10-7-18)31(28,29)25-14-4-3-5-15-25/h6-7,9-10,19H,2-5,8,11-17H2,1H3,(H,23,26). The van der Waals surface area contributed by atoms with Gasteiger partial charge in [-0.1, -0.05) is 18.6 Å². The van der Waals surface area contributed by atoms with Crippen LogP contribution in [0.5, 0.6) is 0 Å². The van der Waals surface area contributed by atoms with Crippen molar-refractivity contribution in [2.75, 3.05) is 32.8 Å². The first kappa shape index (κ1) is 23.5. The first-order chi connectivity index (χ1) is 14.9. The van der Waals surface area contributed by atoms with Crippen LogP contribution in [0.1, 0.15) is 51.0 Å². The van der Waals surface area contributed by atoms with E-state index in [1.165, 1.54) is 0 Å². The van der Waals surface area contributed by atoms with Crippen LogP contribution in [-0.2, 0) is 26.0 Å². The summed E-state index contributed by atoms with van der Waals surface area (Å²) in [5.74, 6) is -0.0281. The van der Waals surface area contributed by atoms with E-state index in [1.54, 1.807) is 40.4 Å². The maximum atomic E-state index is 12.7. The molecule has 2 aliphatic heterocycles. The van der Waals surface area contributed by atoms with E-state index < -0.39 is 10.0 Å². The van der Waals surface area contributed by atoms with Crippen molar-refractivity contribution in [3.8, 4) is 0 Å². The molecular formula is C22H33N3O5S. The number of rotatable bonds is 7. The van der Waals surface area contributed by atoms with Crippen LogP contribution in [0.3, 0.4) is 0 Å². The molecule has 0 saturated carbocycles. The van der Waals surface area contributed by atoms with Gasteiger partial charge in [-0.2, -0.15) is 4.31 Å². The van der Waals surface area contributed by atoms with Gasteiger partial charge in [-0.25, -0.2) is 13.2 Å². The van der Waals surface area contributed by atoms with Crippen molar-refractivity contribution in [3.63, 3.8) is 0 Å². The summed E-state index contributed by atoms with van der Waals surface area (Å²) >= 11 is 0. The van der Waals surface area contributed by atoms with Gasteiger partial charge >= 0.3 is 6.09 Å². The molecule has 2 saturated heterocycles. The van der Waals surface area contributed by atoms with E-state index in [9.17, 15) is 18.0 Å². The van der Waals surface area contributed by atoms with Crippen molar-refractivity contribution in [1.82, 2.24) is 14.5 Å². The van der Waals surface area contributed by atoms with Crippen LogP contribution in [0.25, 0.3) is 0 Å². The number of nitrogens with one attached hydrogen (secondary N) is 1. The quantitative estimate of drug-likeness (QED) is 0.687. The molecule has 2 fully saturated rings. The fraction of sp³-hybridized carbons (Fsp3) is 0.636. The largest absolute Gasteiger partial charge is 0.450 e. The molecule has 3 rings (SSSR count). The van der Waals surface area contributed by atoms with Gasteiger partial charge in [0.15, 0.2) is 0 Å². The molecule has 2 heterocycles. The zero-order valence-corrected chi connectivity index (χ0v) is 19.0. The summed E-state index contributed by atoms with van der Waals surface area (Å²) in [5.41, 5.74) is 0.935. The Labute approximate surface area is 185 Å². The number of sulfonamides is 1. The van der Waals surface area contributed by atoms with Gasteiger partial charge in [-0.3, -0.25) is 4.79 Å². The van der Waals surface area contributed by atoms with Gasteiger partial charge < -0.3 is 15.0 Å². The lowest BCUT2D eigenvalue weighted by Crippen LogP contribution is -2.46. The third-order valence-electron chi connectivity index (χ3n) is 5.90. The van der Waals surface area contributed by atoms with E-state index in [4.69, 9.17) is 4.74 Å². The maximum Gasteiger partial charge on any atom is 0.409 e. The molecule has 0 unspecified atom stereocenters. The monoisotopic (exact) mass is 451 g/mol. The van der Waals surface area contributed by atoms with E-state index in [2.05, 4.69) is 5.32 Å². The number of ether oxygens (including phenoxy) is 1. The molecule has 0 aromatic heterocycles. The fourth-order valence-electron chi connectivity index (χ4n) is 4.06. The Bertz CT molecular complexity index is 842. The number of carbonyl (C=O) groups is 2. The first-order valence-electron chi connectivity index (χ1n) is 11.2. The van der Waals surface area contributed by atoms with Crippen molar-refractivity contribution in [2.24, 2.45) is 0 Å². The summed E-state index contributed by atoms with van der Waals surface area (Å²) in [5, 5.41) is 3.04. The second kappa shape index (κ2) is 10.9. The SMILES string of the molecule is CCOC(=O)N1CCC(NC(=O)CCc2ccc(S(=O)(=O)N3CCCCC3)cc2)CC1. The van der Waals surface area contributed by atoms with Crippen LogP contribution in [0.4, 0.5) is 4.79 Å². The van der Waals surface area contributed by atoms with Crippen LogP contribution < -0.4 is 5.32 Å². The molecule has 0 atom stereocenters. The fourth-order valence-corrected chi connectivity index (χ4v) is 5.58. The van der Waals surface area contributed by atoms with Crippen molar-refractivity contribution in [1.29, 1.82) is 0 Å². The zero-order valence-electron chi connectivity index (χ0n) is 18.2. The van der Waals surface area contributed by atoms with Crippen molar-refractivity contribution in [3.05, 3.63) is 29.8 Å². The van der Waals surface area contributed by atoms with Crippen molar-refractivity contribution in [2.45, 2.75) is 62.8 Å². The first-order valence-corrected chi connectivity index (χ1v) is 12.6. The minimum atomic E-state index is -3.43. The molecule has 2 aliphatic rings. The maximum absolute atomic E-state index is 12.7. The number of hydrogen-bond donors (Lipinski definition) is 1. The highest BCUT2D eigenvalue weighted by molar-refractivity contribution is 7.89. The van der Waals surface area contributed by atoms with Gasteiger partial charge in [0.05, 0.1) is 11.5 Å². The van der Waals surface area contributed by atoms with Gasteiger partial charge in [-0.15, -0.1) is 0 Å². The molecule has 1 aromatic rings. The number of piperidine rings is 2. The summed E-state index contributed by atoms with van der Waals surface area (Å²) in [7, 11) is -3.43. The Balaban J connectivity index is 1.43. The minimum Gasteiger partial charge on any atom is -0.450 e. The molecule has 0 spiro atoms. The second-order valence-electron chi connectivity index (χ2n) is 8.14. The third kappa shape index (κ3) is 6.43. The average Bonchev–Trinajstić information content (AvgIpc) is 2.79. The summed E-state index contributed by atoms with van der Waals surface area (Å²) < 4.78 is 32.0. The molecule has 8 nitrogen and oxygen atoms in total. The van der Waals surface area contributed by atoms with E-state index in [0.717, 1.165) is 24.8 Å². The molecule has 0 aliphatic carbocycles. The number of hydrogen-bond acceptors (Lipinski definition) is 5. The van der Waals surface area contributed by atoms with Crippen LogP contribution in [-0.4, -0.2) is 68.5 Å². The number of aryl methyl sites for hydroxylation is 1. The Kier molecular flexibility index (Phi) is 8.31. The molecule has 0 bridgehead atoms. The Morgan fingerprint density at radius 2 is 1.68 bits per heavy atom. The van der Waals surface area contributed by atoms with E-state index in [0.29, 0.717) is 63.4 Å². The average molecular weight is 452 g/mol. The van der Waals surface area contributed by atoms with Gasteiger partial charge in [0.25, 0.3) is 0 Å². The molecule has 1 N–H and O–H groups in total. The number of amides is 2. The molecule has 0 radical (unpaired) electrons. The lowest BCUT2D eigenvalue weighted by molar-refractivity contribution is -0.122. The zero-order chi connectivity index (χ0) is 22.3. The van der Waals surface area contributed by atoms with Gasteiger partial charge in [0.2, 0.25) is 15.9 Å². The highest BCUT2D eigenvalue weighted by Crippen LogP contribution is 2.21. The third-order valence-corrected chi connectivity index (χ3v) is 7.82. The topological polar surface area (TPSA) is 96.0 Å². The number of nitrogens with zero attached hydrogens (tertiary/aromatic N) is 2. The molecule has 31 heavy (non-hydrogen) atoms. The molecule has 9 heteroatoms. The van der Waals surface area contributed by atoms with Crippen LogP contribution in [0.2, 0.25) is 0 Å². The van der Waals surface area contributed by atoms with Gasteiger partial charge in [0, 0.05) is 38.6 Å². The number of benzene rings is 1. The summed E-state index contributed by atoms with van der Waals surface area (Å²) in [4.78, 5) is 26.0. The number of likely N-dealkylation sites (tertiary alicyclic amines) is 1. The highest BCUT2D eigenvalue weighted by Gasteiger charge is 2.26. The van der Waals surface area contributed by atoms with E-state index in [1.807, 2.05) is 0 Å². The minimum absolute atomic E-state index is 0.0281. The Morgan fingerprint density at radius 1 is 1.03 bits per heavy atom. The summed E-state index contributed by atoms with van der Waals surface area (Å²) in [6.45, 7) is 4.48. The van der Waals surface area contributed by atoms with E-state index in [-0.39, 0.29) is 18.0 Å². The van der Waals surface area contributed by atoms with E-state index >= 15 is 0 Å². The molecule has 1 aromatic carbocycles. The predicted molar refractivity (Wildman–Crippen MR) is 117 cm³/mol. The Hall–Kier alpha value is -2.13. The molecular weight excluding hydrogens is 418 g/mol. The predicted octanol–water partition coefficient (Wildman–Crippen LogP) is 2.53. The van der Waals surface area contributed by atoms with Gasteiger partial charge in [-0.05, 0) is 56.7 Å². The Morgan fingerprint density at radius 3 is 2.29 bits per heavy atom. The smallest absolute Gasteiger partial charge is 0.409 e. The summed E-state index contributed by atoms with van der Waals surface area (Å²) in [6.07, 6.45) is 4.94. The lowest BCUT2D eigenvalue weighted by Gasteiger charge is -2.31. The highest BCUT2D eigenvalue weighted by atomic mass is 32.2. The lowest BCUT2D eigenvalue weighted by atomic mass is 10.0. The van der Waals surface area contributed by atoms with Crippen LogP contribution in [0.15, 0.2) is 29.2 Å². The summed E-state index contributed by atoms with van der Waals surface area (Å²) in [6, 6.07) is 6.93. The molecule has 172 valence electrons. The molecule has 2 amide bonds. The second-order valence-corrected chi connectivity index (χ2v) is 10.1. The van der Waals surface area contributed by atoms with Gasteiger partial charge in [0.1, 0.15) is 0 Å². The van der Waals surface area contributed by atoms with Crippen LogP contribution in [0, 0.1) is 0 Å². The van der Waals surface area contributed by atoms with Crippen molar-refractivity contribution < 1.29 is 22.7 Å².